The molecule has 1 saturated heterocycles. The van der Waals surface area contributed by atoms with Gasteiger partial charge in [-0.1, -0.05) is 11.6 Å². The van der Waals surface area contributed by atoms with Crippen LogP contribution in [0.5, 0.6) is 5.75 Å². The Kier molecular flexibility index (Phi) is 5.78. The first-order chi connectivity index (χ1) is 18.2. The van der Waals surface area contributed by atoms with Gasteiger partial charge in [0.15, 0.2) is 17.5 Å². The number of nitrogens with zero attached hydrogens (tertiary/aromatic N) is 6. The number of carbonyl (C=O) groups is 1. The van der Waals surface area contributed by atoms with Gasteiger partial charge in [-0.15, -0.1) is 0 Å². The van der Waals surface area contributed by atoms with Gasteiger partial charge in [-0.3, -0.25) is 23.4 Å². The molecule has 6 rings (SSSR count). The summed E-state index contributed by atoms with van der Waals surface area (Å²) in [7, 11) is 1.66. The van der Waals surface area contributed by atoms with Crippen LogP contribution in [0.3, 0.4) is 0 Å². The van der Waals surface area contributed by atoms with E-state index in [1.165, 1.54) is 21.6 Å². The van der Waals surface area contributed by atoms with Gasteiger partial charge in [0, 0.05) is 32.0 Å². The minimum Gasteiger partial charge on any atom is -0.492 e. The van der Waals surface area contributed by atoms with E-state index in [0.717, 1.165) is 10.6 Å². The van der Waals surface area contributed by atoms with Crippen molar-refractivity contribution in [2.45, 2.75) is 32.4 Å². The van der Waals surface area contributed by atoms with Gasteiger partial charge in [0.2, 0.25) is 5.91 Å². The third kappa shape index (κ3) is 3.87. The molecular weight excluding hydrogens is 522 g/mol. The van der Waals surface area contributed by atoms with Crippen LogP contribution in [0.15, 0.2) is 34.1 Å². The van der Waals surface area contributed by atoms with Crippen molar-refractivity contribution in [2.24, 2.45) is 7.05 Å². The maximum Gasteiger partial charge on any atom is 0.332 e. The zero-order chi connectivity index (χ0) is 26.7. The largest absolute Gasteiger partial charge is 0.492 e. The number of anilines is 1. The molecule has 0 bridgehead atoms. The SMILES string of the molecule is Cn1cnc(Cn2c(=O)c3c4c(c(N5CCCC5=O)cc3n(Cc3cc(F)c(F)c(Cl)c3)c2=O)CCO4)n1. The average Bonchev–Trinajstić information content (AvgIpc) is 3.63. The highest BCUT2D eigenvalue weighted by Gasteiger charge is 2.31. The van der Waals surface area contributed by atoms with E-state index in [0.29, 0.717) is 49.4 Å². The molecule has 2 aliphatic rings. The number of halogens is 3. The van der Waals surface area contributed by atoms with Crippen molar-refractivity contribution in [1.29, 1.82) is 0 Å². The van der Waals surface area contributed by atoms with Crippen molar-refractivity contribution < 1.29 is 18.3 Å². The van der Waals surface area contributed by atoms with E-state index in [1.807, 2.05) is 0 Å². The van der Waals surface area contributed by atoms with Crippen molar-refractivity contribution in [3.8, 4) is 5.75 Å². The summed E-state index contributed by atoms with van der Waals surface area (Å²) in [5, 5.41) is 3.89. The van der Waals surface area contributed by atoms with Gasteiger partial charge in [-0.2, -0.15) is 5.10 Å². The Bertz CT molecular complexity index is 1740. The lowest BCUT2D eigenvalue weighted by Gasteiger charge is -2.22. The van der Waals surface area contributed by atoms with Crippen molar-refractivity contribution >= 4 is 34.1 Å². The Labute approximate surface area is 218 Å². The van der Waals surface area contributed by atoms with Crippen molar-refractivity contribution in [3.05, 3.63) is 79.0 Å². The second-order valence-corrected chi connectivity index (χ2v) is 9.72. The molecule has 2 aliphatic heterocycles. The van der Waals surface area contributed by atoms with E-state index in [1.54, 1.807) is 18.0 Å². The van der Waals surface area contributed by atoms with Crippen LogP contribution in [0, 0.1) is 11.6 Å². The van der Waals surface area contributed by atoms with Gasteiger partial charge >= 0.3 is 5.69 Å². The third-order valence-electron chi connectivity index (χ3n) is 6.85. The summed E-state index contributed by atoms with van der Waals surface area (Å²) in [6.45, 7) is 0.368. The van der Waals surface area contributed by atoms with E-state index >= 15 is 0 Å². The quantitative estimate of drug-likeness (QED) is 0.359. The number of benzene rings is 2. The molecule has 0 spiro atoms. The maximum absolute atomic E-state index is 14.2. The molecule has 0 unspecified atom stereocenters. The molecule has 0 N–H and O–H groups in total. The fraction of sp³-hybridized carbons (Fsp3) is 0.320. The Morgan fingerprint density at radius 2 is 1.89 bits per heavy atom. The first-order valence-electron chi connectivity index (χ1n) is 12.0. The van der Waals surface area contributed by atoms with Crippen LogP contribution in [0.4, 0.5) is 14.5 Å². The Morgan fingerprint density at radius 1 is 1.08 bits per heavy atom. The van der Waals surface area contributed by atoms with Gasteiger partial charge in [0.1, 0.15) is 17.5 Å². The van der Waals surface area contributed by atoms with E-state index in [9.17, 15) is 23.2 Å². The van der Waals surface area contributed by atoms with Gasteiger partial charge in [-0.05, 0) is 30.2 Å². The molecule has 2 aromatic heterocycles. The molecule has 10 nitrogen and oxygen atoms in total. The lowest BCUT2D eigenvalue weighted by molar-refractivity contribution is -0.117. The summed E-state index contributed by atoms with van der Waals surface area (Å²) in [6.07, 6.45) is 3.02. The first kappa shape index (κ1) is 24.3. The number of ether oxygens (including phenoxy) is 1. The van der Waals surface area contributed by atoms with Gasteiger partial charge < -0.3 is 9.64 Å². The molecule has 38 heavy (non-hydrogen) atoms. The molecule has 4 heterocycles. The predicted octanol–water partition coefficient (Wildman–Crippen LogP) is 2.38. The molecule has 0 saturated carbocycles. The van der Waals surface area contributed by atoms with Crippen molar-refractivity contribution in [1.82, 2.24) is 23.9 Å². The number of hydrogen-bond donors (Lipinski definition) is 0. The molecule has 2 aromatic carbocycles. The second-order valence-electron chi connectivity index (χ2n) is 9.31. The molecule has 13 heteroatoms. The molecule has 0 aliphatic carbocycles. The molecule has 196 valence electrons. The molecule has 1 amide bonds. The number of carbonyl (C=O) groups excluding carboxylic acids is 1. The fourth-order valence-corrected chi connectivity index (χ4v) is 5.36. The Morgan fingerprint density at radius 3 is 2.58 bits per heavy atom. The lowest BCUT2D eigenvalue weighted by Crippen LogP contribution is -2.41. The minimum atomic E-state index is -1.19. The summed E-state index contributed by atoms with van der Waals surface area (Å²) in [6, 6.07) is 3.81. The highest BCUT2D eigenvalue weighted by atomic mass is 35.5. The standard InChI is InChI=1S/C25H21ClF2N6O4/c1-31-12-29-19(30-31)11-34-24(36)21-18(33(25(34)37)10-13-7-15(26)22(28)16(27)8-13)9-17(14-4-6-38-23(14)21)32-5-2-3-20(32)35/h7-9,12H,2-6,10-11H2,1H3. The number of rotatable bonds is 5. The smallest absolute Gasteiger partial charge is 0.332 e. The number of hydrogen-bond acceptors (Lipinski definition) is 6. The number of aryl methyl sites for hydroxylation is 1. The summed E-state index contributed by atoms with van der Waals surface area (Å²) < 4.78 is 37.7. The third-order valence-corrected chi connectivity index (χ3v) is 7.12. The average molecular weight is 543 g/mol. The summed E-state index contributed by atoms with van der Waals surface area (Å²) >= 11 is 5.87. The monoisotopic (exact) mass is 542 g/mol. The van der Waals surface area contributed by atoms with Gasteiger partial charge in [0.25, 0.3) is 5.56 Å². The van der Waals surface area contributed by atoms with Crippen LogP contribution < -0.4 is 20.9 Å². The summed E-state index contributed by atoms with van der Waals surface area (Å²) in [4.78, 5) is 46.0. The fourth-order valence-electron chi connectivity index (χ4n) is 5.13. The van der Waals surface area contributed by atoms with Crippen molar-refractivity contribution in [2.75, 3.05) is 18.1 Å². The molecule has 4 aromatic rings. The van der Waals surface area contributed by atoms with Crippen LogP contribution in [0.1, 0.15) is 29.8 Å². The number of amides is 1. The molecule has 0 radical (unpaired) electrons. The van der Waals surface area contributed by atoms with E-state index < -0.39 is 27.9 Å². The van der Waals surface area contributed by atoms with E-state index in [4.69, 9.17) is 16.3 Å². The maximum atomic E-state index is 14.2. The zero-order valence-corrected chi connectivity index (χ0v) is 21.0. The summed E-state index contributed by atoms with van der Waals surface area (Å²) in [5.41, 5.74) is 0.392. The number of aromatic nitrogens is 5. The highest BCUT2D eigenvalue weighted by Crippen LogP contribution is 2.40. The van der Waals surface area contributed by atoms with Gasteiger partial charge in [0.05, 0.1) is 35.9 Å². The normalized spacial score (nSPS) is 14.9. The summed E-state index contributed by atoms with van der Waals surface area (Å²) in [5.74, 6) is -1.87. The second kappa shape index (κ2) is 9.05. The van der Waals surface area contributed by atoms with Crippen LogP contribution in [0.2, 0.25) is 5.02 Å². The van der Waals surface area contributed by atoms with Crippen LogP contribution >= 0.6 is 11.6 Å². The minimum absolute atomic E-state index is 0.0608. The highest BCUT2D eigenvalue weighted by molar-refractivity contribution is 6.30. The Balaban J connectivity index is 1.64. The molecule has 1 fully saturated rings. The van der Waals surface area contributed by atoms with Gasteiger partial charge in [-0.25, -0.2) is 18.6 Å². The van der Waals surface area contributed by atoms with E-state index in [2.05, 4.69) is 10.1 Å². The molecule has 0 atom stereocenters. The van der Waals surface area contributed by atoms with Crippen molar-refractivity contribution in [3.63, 3.8) is 0 Å². The van der Waals surface area contributed by atoms with Crippen LogP contribution in [-0.4, -0.2) is 43.0 Å². The lowest BCUT2D eigenvalue weighted by atomic mass is 10.0. The molecular formula is C25H21ClF2N6O4. The Hall–Kier alpha value is -4.06. The number of fused-ring (bicyclic) bond motifs is 3. The van der Waals surface area contributed by atoms with Crippen LogP contribution in [-0.2, 0) is 31.4 Å². The topological polar surface area (TPSA) is 104 Å². The zero-order valence-electron chi connectivity index (χ0n) is 20.2. The first-order valence-corrected chi connectivity index (χ1v) is 12.3. The van der Waals surface area contributed by atoms with Crippen LogP contribution in [0.25, 0.3) is 10.9 Å². The predicted molar refractivity (Wildman–Crippen MR) is 134 cm³/mol. The van der Waals surface area contributed by atoms with E-state index in [-0.39, 0.29) is 41.3 Å².